The molecule has 1 spiro atoms. The van der Waals surface area contributed by atoms with Gasteiger partial charge in [0.25, 0.3) is 0 Å². The number of hydrogen-bond donors (Lipinski definition) is 1. The van der Waals surface area contributed by atoms with Crippen LogP contribution in [-0.4, -0.2) is 49.6 Å². The highest BCUT2D eigenvalue weighted by molar-refractivity contribution is 4.86. The minimum absolute atomic E-state index is 0.166. The standard InChI is InChI=1S/C16H32N2O2/c1-4-9-18(13-15(2,3)12-17)10-14-11-19-16(20-14)7-5-6-8-16/h14H,4-13,17H2,1-3H3. The highest BCUT2D eigenvalue weighted by Gasteiger charge is 2.44. The van der Waals surface area contributed by atoms with E-state index >= 15 is 0 Å². The smallest absolute Gasteiger partial charge is 0.168 e. The van der Waals surface area contributed by atoms with Gasteiger partial charge in [-0.25, -0.2) is 0 Å². The van der Waals surface area contributed by atoms with Crippen LogP contribution in [0.1, 0.15) is 52.9 Å². The van der Waals surface area contributed by atoms with Crippen LogP contribution in [0.25, 0.3) is 0 Å². The Labute approximate surface area is 124 Å². The van der Waals surface area contributed by atoms with Gasteiger partial charge in [-0.1, -0.05) is 20.8 Å². The van der Waals surface area contributed by atoms with Crippen LogP contribution in [0.3, 0.4) is 0 Å². The zero-order valence-electron chi connectivity index (χ0n) is 13.5. The van der Waals surface area contributed by atoms with Gasteiger partial charge in [0.2, 0.25) is 0 Å². The van der Waals surface area contributed by atoms with E-state index in [1.807, 2.05) is 0 Å². The molecule has 0 bridgehead atoms. The van der Waals surface area contributed by atoms with E-state index in [-0.39, 0.29) is 17.3 Å². The van der Waals surface area contributed by atoms with Gasteiger partial charge in [0.15, 0.2) is 5.79 Å². The summed E-state index contributed by atoms with van der Waals surface area (Å²) in [6.07, 6.45) is 6.03. The van der Waals surface area contributed by atoms with Crippen molar-refractivity contribution in [2.75, 3.05) is 32.8 Å². The van der Waals surface area contributed by atoms with Crippen molar-refractivity contribution in [2.45, 2.75) is 64.8 Å². The summed E-state index contributed by atoms with van der Waals surface area (Å²) in [5, 5.41) is 0. The van der Waals surface area contributed by atoms with Crippen molar-refractivity contribution < 1.29 is 9.47 Å². The van der Waals surface area contributed by atoms with E-state index in [0.29, 0.717) is 0 Å². The van der Waals surface area contributed by atoms with Crippen molar-refractivity contribution in [1.82, 2.24) is 4.90 Å². The van der Waals surface area contributed by atoms with Crippen LogP contribution in [0, 0.1) is 5.41 Å². The maximum absolute atomic E-state index is 6.24. The van der Waals surface area contributed by atoms with Crippen LogP contribution in [0.5, 0.6) is 0 Å². The lowest BCUT2D eigenvalue weighted by Gasteiger charge is -2.33. The van der Waals surface area contributed by atoms with Gasteiger partial charge in [-0.2, -0.15) is 0 Å². The molecule has 1 heterocycles. The molecule has 118 valence electrons. The zero-order valence-corrected chi connectivity index (χ0v) is 13.5. The Hall–Kier alpha value is -0.160. The van der Waals surface area contributed by atoms with Crippen molar-refractivity contribution in [1.29, 1.82) is 0 Å². The first kappa shape index (κ1) is 16.2. The summed E-state index contributed by atoms with van der Waals surface area (Å²) in [6, 6.07) is 0. The Bertz CT molecular complexity index is 301. The van der Waals surface area contributed by atoms with Crippen molar-refractivity contribution in [3.63, 3.8) is 0 Å². The monoisotopic (exact) mass is 284 g/mol. The lowest BCUT2D eigenvalue weighted by Crippen LogP contribution is -2.43. The zero-order chi connectivity index (χ0) is 14.6. The summed E-state index contributed by atoms with van der Waals surface area (Å²) in [7, 11) is 0. The van der Waals surface area contributed by atoms with Crippen molar-refractivity contribution in [3.8, 4) is 0 Å². The SMILES string of the molecule is CCCN(CC1COC2(CCCC2)O1)CC(C)(C)CN. The number of hydrogen-bond acceptors (Lipinski definition) is 4. The molecule has 0 radical (unpaired) electrons. The van der Waals surface area contributed by atoms with Gasteiger partial charge in [-0.3, -0.25) is 0 Å². The minimum atomic E-state index is -0.230. The van der Waals surface area contributed by atoms with Crippen molar-refractivity contribution in [2.24, 2.45) is 11.1 Å². The van der Waals surface area contributed by atoms with E-state index in [2.05, 4.69) is 25.7 Å². The molecule has 4 nitrogen and oxygen atoms in total. The first-order valence-electron chi connectivity index (χ1n) is 8.23. The van der Waals surface area contributed by atoms with Crippen LogP contribution in [-0.2, 0) is 9.47 Å². The van der Waals surface area contributed by atoms with E-state index in [9.17, 15) is 0 Å². The maximum atomic E-state index is 6.24. The van der Waals surface area contributed by atoms with Gasteiger partial charge in [0, 0.05) is 25.9 Å². The Balaban J connectivity index is 1.85. The molecule has 0 aromatic rings. The van der Waals surface area contributed by atoms with E-state index in [1.54, 1.807) is 0 Å². The summed E-state index contributed by atoms with van der Waals surface area (Å²) < 4.78 is 12.2. The van der Waals surface area contributed by atoms with Crippen LogP contribution in [0.15, 0.2) is 0 Å². The average Bonchev–Trinajstić information content (AvgIpc) is 3.00. The molecule has 1 aliphatic heterocycles. The Morgan fingerprint density at radius 1 is 1.30 bits per heavy atom. The van der Waals surface area contributed by atoms with Crippen LogP contribution >= 0.6 is 0 Å². The second kappa shape index (κ2) is 6.73. The third kappa shape index (κ3) is 4.17. The molecule has 4 heteroatoms. The molecule has 1 saturated carbocycles. The van der Waals surface area contributed by atoms with Gasteiger partial charge in [-0.15, -0.1) is 0 Å². The molecular formula is C16H32N2O2. The largest absolute Gasteiger partial charge is 0.347 e. The molecule has 1 unspecified atom stereocenters. The lowest BCUT2D eigenvalue weighted by atomic mass is 9.93. The highest BCUT2D eigenvalue weighted by Crippen LogP contribution is 2.39. The molecule has 2 N–H and O–H groups in total. The Morgan fingerprint density at radius 3 is 2.60 bits per heavy atom. The predicted octanol–water partition coefficient (Wildman–Crippen LogP) is 2.37. The molecule has 20 heavy (non-hydrogen) atoms. The Morgan fingerprint density at radius 2 is 2.00 bits per heavy atom. The van der Waals surface area contributed by atoms with E-state index < -0.39 is 0 Å². The maximum Gasteiger partial charge on any atom is 0.168 e. The lowest BCUT2D eigenvalue weighted by molar-refractivity contribution is -0.163. The molecule has 0 amide bonds. The molecule has 1 atom stereocenters. The summed E-state index contributed by atoms with van der Waals surface area (Å²) in [5.74, 6) is -0.230. The Kier molecular flexibility index (Phi) is 5.46. The molecule has 2 fully saturated rings. The molecular weight excluding hydrogens is 252 g/mol. The molecule has 0 aromatic carbocycles. The second-order valence-corrected chi connectivity index (χ2v) is 7.27. The fourth-order valence-electron chi connectivity index (χ4n) is 3.39. The predicted molar refractivity (Wildman–Crippen MR) is 81.6 cm³/mol. The molecule has 1 aliphatic carbocycles. The number of rotatable bonds is 7. The van der Waals surface area contributed by atoms with Crippen LogP contribution in [0.2, 0.25) is 0 Å². The van der Waals surface area contributed by atoms with Gasteiger partial charge in [-0.05, 0) is 37.8 Å². The van der Waals surface area contributed by atoms with Gasteiger partial charge in [0.05, 0.1) is 12.7 Å². The second-order valence-electron chi connectivity index (χ2n) is 7.27. The first-order chi connectivity index (χ1) is 9.49. The van der Waals surface area contributed by atoms with E-state index in [4.69, 9.17) is 15.2 Å². The molecule has 0 aromatic heterocycles. The highest BCUT2D eigenvalue weighted by atomic mass is 16.7. The molecule has 2 rings (SSSR count). The van der Waals surface area contributed by atoms with Crippen molar-refractivity contribution in [3.05, 3.63) is 0 Å². The molecule has 2 aliphatic rings. The van der Waals surface area contributed by atoms with Gasteiger partial charge >= 0.3 is 0 Å². The fourth-order valence-corrected chi connectivity index (χ4v) is 3.39. The van der Waals surface area contributed by atoms with Gasteiger partial charge in [0.1, 0.15) is 0 Å². The summed E-state index contributed by atoms with van der Waals surface area (Å²) in [4.78, 5) is 2.49. The van der Waals surface area contributed by atoms with E-state index in [1.165, 1.54) is 19.3 Å². The fraction of sp³-hybridized carbons (Fsp3) is 1.00. The summed E-state index contributed by atoms with van der Waals surface area (Å²) in [6.45, 7) is 11.3. The number of ether oxygens (including phenoxy) is 2. The van der Waals surface area contributed by atoms with E-state index in [0.717, 1.165) is 45.6 Å². The normalized spacial score (nSPS) is 25.9. The first-order valence-corrected chi connectivity index (χ1v) is 8.23. The summed E-state index contributed by atoms with van der Waals surface area (Å²) >= 11 is 0. The third-order valence-electron chi connectivity index (χ3n) is 4.48. The number of nitrogens with two attached hydrogens (primary N) is 1. The summed E-state index contributed by atoms with van der Waals surface area (Å²) in [5.41, 5.74) is 6.04. The van der Waals surface area contributed by atoms with Gasteiger partial charge < -0.3 is 20.1 Å². The molecule has 1 saturated heterocycles. The van der Waals surface area contributed by atoms with Crippen LogP contribution in [0.4, 0.5) is 0 Å². The quantitative estimate of drug-likeness (QED) is 0.780. The minimum Gasteiger partial charge on any atom is -0.347 e. The number of nitrogens with zero attached hydrogens (tertiary/aromatic N) is 1. The van der Waals surface area contributed by atoms with Crippen molar-refractivity contribution >= 4 is 0 Å². The van der Waals surface area contributed by atoms with Crippen LogP contribution < -0.4 is 5.73 Å². The average molecular weight is 284 g/mol. The topological polar surface area (TPSA) is 47.7 Å². The third-order valence-corrected chi connectivity index (χ3v) is 4.48.